The molecule has 0 saturated carbocycles. The lowest BCUT2D eigenvalue weighted by molar-refractivity contribution is -0.127. The molecule has 1 saturated heterocycles. The van der Waals surface area contributed by atoms with Gasteiger partial charge in [0.05, 0.1) is 6.20 Å². The normalized spacial score (nSPS) is 16.9. The molecule has 1 fully saturated rings. The SMILES string of the molecule is CC1C(=O)N(Cc2ncc(-c3cccc(Cl)c3)o2)C(=O)N1c1ccc(F)cc1. The Balaban J connectivity index is 1.56. The minimum Gasteiger partial charge on any atom is -0.439 e. The van der Waals surface area contributed by atoms with Gasteiger partial charge in [0.1, 0.15) is 18.4 Å². The summed E-state index contributed by atoms with van der Waals surface area (Å²) in [7, 11) is 0. The molecule has 0 spiro atoms. The molecule has 1 unspecified atom stereocenters. The molecule has 28 heavy (non-hydrogen) atoms. The highest BCUT2D eigenvalue weighted by Gasteiger charge is 2.43. The van der Waals surface area contributed by atoms with Crippen molar-refractivity contribution in [3.63, 3.8) is 0 Å². The Morgan fingerprint density at radius 3 is 2.64 bits per heavy atom. The van der Waals surface area contributed by atoms with Crippen molar-refractivity contribution < 1.29 is 18.4 Å². The third kappa shape index (κ3) is 3.25. The number of benzene rings is 2. The van der Waals surface area contributed by atoms with Crippen LogP contribution >= 0.6 is 11.6 Å². The third-order valence-corrected chi connectivity index (χ3v) is 4.74. The Bertz CT molecular complexity index is 1050. The first kappa shape index (κ1) is 18.2. The summed E-state index contributed by atoms with van der Waals surface area (Å²) in [6.07, 6.45) is 1.52. The average Bonchev–Trinajstić information content (AvgIpc) is 3.23. The third-order valence-electron chi connectivity index (χ3n) is 4.51. The fraction of sp³-hybridized carbons (Fsp3) is 0.150. The number of carbonyl (C=O) groups excluding carboxylic acids is 2. The van der Waals surface area contributed by atoms with Crippen molar-refractivity contribution >= 4 is 29.2 Å². The van der Waals surface area contributed by atoms with Crippen LogP contribution in [0.5, 0.6) is 0 Å². The Morgan fingerprint density at radius 1 is 1.18 bits per heavy atom. The van der Waals surface area contributed by atoms with Gasteiger partial charge in [0.2, 0.25) is 5.89 Å². The fourth-order valence-electron chi connectivity index (χ4n) is 3.10. The van der Waals surface area contributed by atoms with Gasteiger partial charge in [-0.25, -0.2) is 14.2 Å². The molecule has 6 nitrogen and oxygen atoms in total. The van der Waals surface area contributed by atoms with E-state index in [0.717, 1.165) is 10.5 Å². The summed E-state index contributed by atoms with van der Waals surface area (Å²) >= 11 is 5.99. The quantitative estimate of drug-likeness (QED) is 0.606. The molecule has 3 aromatic rings. The van der Waals surface area contributed by atoms with Crippen molar-refractivity contribution in [3.8, 4) is 11.3 Å². The number of halogens is 2. The number of rotatable bonds is 4. The highest BCUT2D eigenvalue weighted by Crippen LogP contribution is 2.28. The lowest BCUT2D eigenvalue weighted by Crippen LogP contribution is -2.33. The highest BCUT2D eigenvalue weighted by molar-refractivity contribution is 6.30. The molecular formula is C20H15ClFN3O3. The molecule has 4 rings (SSSR count). The molecule has 2 aromatic carbocycles. The Hall–Kier alpha value is -3.19. The monoisotopic (exact) mass is 399 g/mol. The van der Waals surface area contributed by atoms with E-state index in [0.29, 0.717) is 16.5 Å². The maximum atomic E-state index is 13.2. The van der Waals surface area contributed by atoms with Gasteiger partial charge < -0.3 is 4.42 Å². The summed E-state index contributed by atoms with van der Waals surface area (Å²) in [6.45, 7) is 1.52. The van der Waals surface area contributed by atoms with E-state index in [2.05, 4.69) is 4.98 Å². The second-order valence-corrected chi connectivity index (χ2v) is 6.79. The van der Waals surface area contributed by atoms with Crippen LogP contribution in [-0.4, -0.2) is 27.9 Å². The maximum absolute atomic E-state index is 13.2. The molecule has 1 aliphatic heterocycles. The molecule has 8 heteroatoms. The number of carbonyl (C=O) groups is 2. The van der Waals surface area contributed by atoms with Crippen LogP contribution in [0.4, 0.5) is 14.9 Å². The predicted octanol–water partition coefficient (Wildman–Crippen LogP) is 4.49. The van der Waals surface area contributed by atoms with E-state index in [1.807, 2.05) is 6.07 Å². The molecule has 1 aromatic heterocycles. The zero-order chi connectivity index (χ0) is 19.8. The van der Waals surface area contributed by atoms with Crippen LogP contribution in [-0.2, 0) is 11.3 Å². The van der Waals surface area contributed by atoms with Crippen molar-refractivity contribution in [1.82, 2.24) is 9.88 Å². The largest absolute Gasteiger partial charge is 0.439 e. The van der Waals surface area contributed by atoms with Crippen LogP contribution in [0.1, 0.15) is 12.8 Å². The minimum absolute atomic E-state index is 0.0970. The number of imide groups is 1. The summed E-state index contributed by atoms with van der Waals surface area (Å²) in [6, 6.07) is 11.3. The average molecular weight is 400 g/mol. The first-order chi connectivity index (χ1) is 13.4. The van der Waals surface area contributed by atoms with E-state index in [1.165, 1.54) is 35.4 Å². The molecular weight excluding hydrogens is 385 g/mol. The minimum atomic E-state index is -0.708. The number of aromatic nitrogens is 1. The Morgan fingerprint density at radius 2 is 1.93 bits per heavy atom. The van der Waals surface area contributed by atoms with E-state index in [4.69, 9.17) is 16.0 Å². The molecule has 0 N–H and O–H groups in total. The number of nitrogens with zero attached hydrogens (tertiary/aromatic N) is 3. The van der Waals surface area contributed by atoms with Crippen LogP contribution < -0.4 is 4.90 Å². The lowest BCUT2D eigenvalue weighted by atomic mass is 10.2. The zero-order valence-electron chi connectivity index (χ0n) is 14.8. The molecule has 0 bridgehead atoms. The molecule has 2 heterocycles. The van der Waals surface area contributed by atoms with E-state index in [-0.39, 0.29) is 18.3 Å². The standard InChI is InChI=1S/C20H15ClFN3O3/c1-12-19(26)24(20(27)25(12)16-7-5-15(22)6-8-16)11-18-23-10-17(28-18)13-3-2-4-14(21)9-13/h2-10,12H,11H2,1H3. The van der Waals surface area contributed by atoms with Gasteiger partial charge in [-0.15, -0.1) is 0 Å². The second-order valence-electron chi connectivity index (χ2n) is 6.36. The van der Waals surface area contributed by atoms with Crippen LogP contribution in [0, 0.1) is 5.82 Å². The van der Waals surface area contributed by atoms with Gasteiger partial charge >= 0.3 is 6.03 Å². The molecule has 1 aliphatic rings. The molecule has 0 radical (unpaired) electrons. The summed E-state index contributed by atoms with van der Waals surface area (Å²) in [4.78, 5) is 31.9. The van der Waals surface area contributed by atoms with Crippen molar-refractivity contribution in [2.75, 3.05) is 4.90 Å². The van der Waals surface area contributed by atoms with Crippen molar-refractivity contribution in [2.24, 2.45) is 0 Å². The predicted molar refractivity (Wildman–Crippen MR) is 101 cm³/mol. The topological polar surface area (TPSA) is 66.7 Å². The fourth-order valence-corrected chi connectivity index (χ4v) is 3.29. The molecule has 1 atom stereocenters. The molecule has 142 valence electrons. The Kier molecular flexibility index (Phi) is 4.60. The number of anilines is 1. The van der Waals surface area contributed by atoms with E-state index in [9.17, 15) is 14.0 Å². The van der Waals surface area contributed by atoms with Crippen LogP contribution in [0.15, 0.2) is 59.1 Å². The zero-order valence-corrected chi connectivity index (χ0v) is 15.6. The molecule has 3 amide bonds. The van der Waals surface area contributed by atoms with Gasteiger partial charge in [-0.3, -0.25) is 14.6 Å². The summed E-state index contributed by atoms with van der Waals surface area (Å²) < 4.78 is 18.9. The number of oxazole rings is 1. The van der Waals surface area contributed by atoms with E-state index >= 15 is 0 Å². The summed E-state index contributed by atoms with van der Waals surface area (Å²) in [5, 5.41) is 0.559. The van der Waals surface area contributed by atoms with Gasteiger partial charge in [0, 0.05) is 16.3 Å². The maximum Gasteiger partial charge on any atom is 0.332 e. The number of hydrogen-bond donors (Lipinski definition) is 0. The molecule has 0 aliphatic carbocycles. The van der Waals surface area contributed by atoms with Crippen molar-refractivity contribution in [1.29, 1.82) is 0 Å². The van der Waals surface area contributed by atoms with Crippen molar-refractivity contribution in [2.45, 2.75) is 19.5 Å². The smallest absolute Gasteiger partial charge is 0.332 e. The first-order valence-electron chi connectivity index (χ1n) is 8.55. The van der Waals surface area contributed by atoms with Gasteiger partial charge in [-0.2, -0.15) is 0 Å². The van der Waals surface area contributed by atoms with Crippen LogP contribution in [0.25, 0.3) is 11.3 Å². The van der Waals surface area contributed by atoms with Gasteiger partial charge in [-0.05, 0) is 43.3 Å². The number of urea groups is 1. The van der Waals surface area contributed by atoms with Crippen molar-refractivity contribution in [3.05, 3.63) is 71.5 Å². The number of amides is 3. The first-order valence-corrected chi connectivity index (χ1v) is 8.92. The second kappa shape index (κ2) is 7.09. The summed E-state index contributed by atoms with van der Waals surface area (Å²) in [5.41, 5.74) is 1.19. The number of hydrogen-bond acceptors (Lipinski definition) is 4. The highest BCUT2D eigenvalue weighted by atomic mass is 35.5. The van der Waals surface area contributed by atoms with E-state index in [1.54, 1.807) is 25.1 Å². The van der Waals surface area contributed by atoms with Crippen LogP contribution in [0.2, 0.25) is 5.02 Å². The lowest BCUT2D eigenvalue weighted by Gasteiger charge is -2.19. The van der Waals surface area contributed by atoms with Gasteiger partial charge in [-0.1, -0.05) is 23.7 Å². The van der Waals surface area contributed by atoms with E-state index < -0.39 is 17.9 Å². The Labute approximate surface area is 165 Å². The van der Waals surface area contributed by atoms with Crippen LogP contribution in [0.3, 0.4) is 0 Å². The van der Waals surface area contributed by atoms with Gasteiger partial charge in [0.25, 0.3) is 5.91 Å². The van der Waals surface area contributed by atoms with Gasteiger partial charge in [0.15, 0.2) is 5.76 Å². The summed E-state index contributed by atoms with van der Waals surface area (Å²) in [5.74, 6) is -0.0822.